The van der Waals surface area contributed by atoms with Crippen LogP contribution in [0.15, 0.2) is 18.2 Å². The Balaban J connectivity index is 2.34. The molecule has 0 spiro atoms. The summed E-state index contributed by atoms with van der Waals surface area (Å²) in [5.74, 6) is 0.462. The monoisotopic (exact) mass is 256 g/mol. The van der Waals surface area contributed by atoms with Gasteiger partial charge in [0.1, 0.15) is 0 Å². The summed E-state index contributed by atoms with van der Waals surface area (Å²) < 4.78 is 0. The standard InChI is InChI=1S/C17H24N2/c1-12-7-6-8-15(13(12)2)16-11-19(17(3,4)5)10-14(16)9-18/h6-8,14,16H,10-11H2,1-5H3/t14-,16-/m1/s1. The van der Waals surface area contributed by atoms with E-state index in [0.29, 0.717) is 5.92 Å². The maximum absolute atomic E-state index is 9.46. The molecule has 0 radical (unpaired) electrons. The van der Waals surface area contributed by atoms with Gasteiger partial charge in [-0.1, -0.05) is 18.2 Å². The molecule has 0 saturated carbocycles. The van der Waals surface area contributed by atoms with Crippen LogP contribution in [0.3, 0.4) is 0 Å². The average Bonchev–Trinajstić information content (AvgIpc) is 2.76. The van der Waals surface area contributed by atoms with Crippen molar-refractivity contribution in [2.75, 3.05) is 13.1 Å². The predicted molar refractivity (Wildman–Crippen MR) is 79.1 cm³/mol. The van der Waals surface area contributed by atoms with E-state index in [2.05, 4.69) is 63.8 Å². The van der Waals surface area contributed by atoms with Crippen molar-refractivity contribution in [3.05, 3.63) is 34.9 Å². The number of hydrogen-bond donors (Lipinski definition) is 0. The van der Waals surface area contributed by atoms with E-state index in [1.54, 1.807) is 0 Å². The Morgan fingerprint density at radius 2 is 1.89 bits per heavy atom. The quantitative estimate of drug-likeness (QED) is 0.767. The lowest BCUT2D eigenvalue weighted by atomic mass is 9.86. The molecule has 0 aliphatic carbocycles. The first-order chi connectivity index (χ1) is 8.84. The lowest BCUT2D eigenvalue weighted by Gasteiger charge is -2.31. The molecule has 102 valence electrons. The molecule has 2 nitrogen and oxygen atoms in total. The third kappa shape index (κ3) is 2.67. The second-order valence-corrected chi connectivity index (χ2v) is 6.71. The van der Waals surface area contributed by atoms with Gasteiger partial charge in [0, 0.05) is 24.5 Å². The highest BCUT2D eigenvalue weighted by molar-refractivity contribution is 5.37. The zero-order valence-electron chi connectivity index (χ0n) is 12.7. The minimum atomic E-state index is 0.111. The molecule has 0 bridgehead atoms. The summed E-state index contributed by atoms with van der Waals surface area (Å²) in [5, 5.41) is 9.46. The maximum Gasteiger partial charge on any atom is 0.0676 e. The summed E-state index contributed by atoms with van der Waals surface area (Å²) >= 11 is 0. The van der Waals surface area contributed by atoms with E-state index in [0.717, 1.165) is 13.1 Å². The molecule has 1 aromatic carbocycles. The summed E-state index contributed by atoms with van der Waals surface area (Å²) in [7, 11) is 0. The topological polar surface area (TPSA) is 27.0 Å². The highest BCUT2D eigenvalue weighted by atomic mass is 15.2. The second kappa shape index (κ2) is 4.98. The molecule has 1 fully saturated rings. The van der Waals surface area contributed by atoms with Gasteiger partial charge in [-0.3, -0.25) is 4.90 Å². The van der Waals surface area contributed by atoms with Gasteiger partial charge < -0.3 is 0 Å². The number of nitrogens with zero attached hydrogens (tertiary/aromatic N) is 2. The van der Waals surface area contributed by atoms with Crippen molar-refractivity contribution in [1.82, 2.24) is 4.90 Å². The largest absolute Gasteiger partial charge is 0.297 e. The number of aryl methyl sites for hydroxylation is 1. The number of nitriles is 1. The van der Waals surface area contributed by atoms with E-state index in [1.807, 2.05) is 0 Å². The van der Waals surface area contributed by atoms with E-state index < -0.39 is 0 Å². The minimum absolute atomic E-state index is 0.111. The number of likely N-dealkylation sites (tertiary alicyclic amines) is 1. The van der Waals surface area contributed by atoms with Gasteiger partial charge in [0.15, 0.2) is 0 Å². The normalized spacial score (nSPS) is 24.4. The summed E-state index contributed by atoms with van der Waals surface area (Å²) in [6.45, 7) is 12.9. The molecule has 1 heterocycles. The molecule has 1 saturated heterocycles. The lowest BCUT2D eigenvalue weighted by molar-refractivity contribution is 0.170. The van der Waals surface area contributed by atoms with Crippen molar-refractivity contribution in [3.8, 4) is 6.07 Å². The first-order valence-electron chi connectivity index (χ1n) is 7.05. The van der Waals surface area contributed by atoms with Crippen molar-refractivity contribution >= 4 is 0 Å². The average molecular weight is 256 g/mol. The van der Waals surface area contributed by atoms with Gasteiger partial charge in [-0.2, -0.15) is 5.26 Å². The van der Waals surface area contributed by atoms with E-state index >= 15 is 0 Å². The summed E-state index contributed by atoms with van der Waals surface area (Å²) in [5.41, 5.74) is 4.17. The highest BCUT2D eigenvalue weighted by Gasteiger charge is 2.38. The van der Waals surface area contributed by atoms with Gasteiger partial charge in [0.05, 0.1) is 12.0 Å². The van der Waals surface area contributed by atoms with Crippen LogP contribution in [0.4, 0.5) is 0 Å². The fraction of sp³-hybridized carbons (Fsp3) is 0.588. The van der Waals surface area contributed by atoms with Crippen LogP contribution in [-0.2, 0) is 0 Å². The van der Waals surface area contributed by atoms with Crippen LogP contribution in [0.5, 0.6) is 0 Å². The molecule has 0 amide bonds. The first kappa shape index (κ1) is 14.1. The van der Waals surface area contributed by atoms with Gasteiger partial charge in [-0.25, -0.2) is 0 Å². The van der Waals surface area contributed by atoms with E-state index in [-0.39, 0.29) is 11.5 Å². The lowest BCUT2D eigenvalue weighted by Crippen LogP contribution is -2.39. The van der Waals surface area contributed by atoms with Crippen LogP contribution in [0.2, 0.25) is 0 Å². The SMILES string of the molecule is Cc1cccc([C@@H]2CN(C(C)(C)C)C[C@H]2C#N)c1C. The third-order valence-electron chi connectivity index (χ3n) is 4.48. The van der Waals surface area contributed by atoms with Gasteiger partial charge in [-0.15, -0.1) is 0 Å². The van der Waals surface area contributed by atoms with E-state index in [9.17, 15) is 5.26 Å². The van der Waals surface area contributed by atoms with Crippen molar-refractivity contribution in [2.45, 2.75) is 46.1 Å². The number of rotatable bonds is 1. The molecular formula is C17H24N2. The van der Waals surface area contributed by atoms with Crippen molar-refractivity contribution in [3.63, 3.8) is 0 Å². The third-order valence-corrected chi connectivity index (χ3v) is 4.48. The van der Waals surface area contributed by atoms with Crippen molar-refractivity contribution in [1.29, 1.82) is 5.26 Å². The Hall–Kier alpha value is -1.33. The van der Waals surface area contributed by atoms with Crippen LogP contribution in [-0.4, -0.2) is 23.5 Å². The smallest absolute Gasteiger partial charge is 0.0676 e. The number of benzene rings is 1. The van der Waals surface area contributed by atoms with E-state index in [1.165, 1.54) is 16.7 Å². The fourth-order valence-electron chi connectivity index (χ4n) is 2.97. The van der Waals surface area contributed by atoms with Crippen molar-refractivity contribution in [2.24, 2.45) is 5.92 Å². The fourth-order valence-corrected chi connectivity index (χ4v) is 2.97. The van der Waals surface area contributed by atoms with Gasteiger partial charge in [0.2, 0.25) is 0 Å². The molecule has 1 aliphatic heterocycles. The van der Waals surface area contributed by atoms with Crippen LogP contribution in [0, 0.1) is 31.1 Å². The van der Waals surface area contributed by atoms with E-state index in [4.69, 9.17) is 0 Å². The molecule has 2 rings (SSSR count). The van der Waals surface area contributed by atoms with Gasteiger partial charge >= 0.3 is 0 Å². The molecule has 0 N–H and O–H groups in total. The van der Waals surface area contributed by atoms with Crippen LogP contribution >= 0.6 is 0 Å². The number of hydrogen-bond acceptors (Lipinski definition) is 2. The Bertz CT molecular complexity index is 505. The zero-order chi connectivity index (χ0) is 14.2. The van der Waals surface area contributed by atoms with Crippen LogP contribution in [0.25, 0.3) is 0 Å². The molecule has 1 aliphatic rings. The van der Waals surface area contributed by atoms with Gasteiger partial charge in [-0.05, 0) is 51.3 Å². The Labute approximate surface area is 117 Å². The second-order valence-electron chi connectivity index (χ2n) is 6.71. The summed E-state index contributed by atoms with van der Waals surface area (Å²) in [6, 6.07) is 8.98. The summed E-state index contributed by atoms with van der Waals surface area (Å²) in [6.07, 6.45) is 0. The molecule has 1 aromatic rings. The Morgan fingerprint density at radius 3 is 2.47 bits per heavy atom. The molecule has 0 aromatic heterocycles. The van der Waals surface area contributed by atoms with Crippen LogP contribution in [0.1, 0.15) is 43.4 Å². The molecule has 2 heteroatoms. The minimum Gasteiger partial charge on any atom is -0.297 e. The molecule has 0 unspecified atom stereocenters. The first-order valence-corrected chi connectivity index (χ1v) is 7.05. The zero-order valence-corrected chi connectivity index (χ0v) is 12.7. The van der Waals surface area contributed by atoms with Crippen molar-refractivity contribution < 1.29 is 0 Å². The molecule has 2 atom stereocenters. The van der Waals surface area contributed by atoms with Gasteiger partial charge in [0.25, 0.3) is 0 Å². The molecular weight excluding hydrogens is 232 g/mol. The Kier molecular flexibility index (Phi) is 3.69. The summed E-state index contributed by atoms with van der Waals surface area (Å²) in [4.78, 5) is 2.44. The Morgan fingerprint density at radius 1 is 1.21 bits per heavy atom. The molecule has 19 heavy (non-hydrogen) atoms. The highest BCUT2D eigenvalue weighted by Crippen LogP contribution is 2.37. The maximum atomic E-state index is 9.46. The predicted octanol–water partition coefficient (Wildman–Crippen LogP) is 3.64. The van der Waals surface area contributed by atoms with Crippen LogP contribution < -0.4 is 0 Å².